The van der Waals surface area contributed by atoms with Crippen LogP contribution in [0.15, 0.2) is 11.6 Å². The van der Waals surface area contributed by atoms with Crippen LogP contribution < -0.4 is 18.9 Å². The van der Waals surface area contributed by atoms with E-state index in [9.17, 15) is 0 Å². The van der Waals surface area contributed by atoms with Crippen LogP contribution in [0.2, 0.25) is 0 Å². The maximum absolute atomic E-state index is 6.13. The fourth-order valence-corrected chi connectivity index (χ4v) is 2.83. The Bertz CT molecular complexity index is 620. The van der Waals surface area contributed by atoms with Gasteiger partial charge in [-0.25, -0.2) is 0 Å². The van der Waals surface area contributed by atoms with E-state index < -0.39 is 0 Å². The average molecular weight is 397 g/mol. The molecule has 0 aromatic heterocycles. The van der Waals surface area contributed by atoms with Crippen molar-refractivity contribution in [3.63, 3.8) is 0 Å². The number of rotatable bonds is 14. The monoisotopic (exact) mass is 396 g/mol. The molecule has 0 saturated carbocycles. The minimum absolute atomic E-state index is 0.530. The van der Waals surface area contributed by atoms with Gasteiger partial charge in [-0.2, -0.15) is 0 Å². The average Bonchev–Trinajstić information content (AvgIpc) is 2.68. The Hall–Kier alpha value is -1.92. The molecule has 28 heavy (non-hydrogen) atoms. The summed E-state index contributed by atoms with van der Waals surface area (Å²) in [5.41, 5.74) is 3.27. The minimum Gasteiger partial charge on any atom is -0.490 e. The van der Waals surface area contributed by atoms with Gasteiger partial charge in [0.1, 0.15) is 0 Å². The molecule has 0 N–H and O–H groups in total. The van der Waals surface area contributed by atoms with Crippen molar-refractivity contribution in [1.82, 2.24) is 0 Å². The van der Waals surface area contributed by atoms with Gasteiger partial charge in [0.15, 0.2) is 11.5 Å². The summed E-state index contributed by atoms with van der Waals surface area (Å²) in [6.07, 6.45) is 4.48. The van der Waals surface area contributed by atoms with Gasteiger partial charge >= 0.3 is 0 Å². The van der Waals surface area contributed by atoms with E-state index in [0.29, 0.717) is 49.4 Å². The van der Waals surface area contributed by atoms with Crippen molar-refractivity contribution in [3.05, 3.63) is 22.8 Å². The summed E-state index contributed by atoms with van der Waals surface area (Å²) in [7, 11) is 6.60. The molecule has 0 unspecified atom stereocenters. The first-order valence-corrected chi connectivity index (χ1v) is 9.65. The molecule has 1 rings (SSSR count). The quantitative estimate of drug-likeness (QED) is 0.344. The molecule has 0 fully saturated rings. The predicted octanol–water partition coefficient (Wildman–Crippen LogP) is 4.35. The molecular weight excluding hydrogens is 360 g/mol. The Morgan fingerprint density at radius 1 is 0.714 bits per heavy atom. The van der Waals surface area contributed by atoms with Crippen LogP contribution in [0.4, 0.5) is 0 Å². The van der Waals surface area contributed by atoms with Gasteiger partial charge in [-0.3, -0.25) is 0 Å². The first-order chi connectivity index (χ1) is 13.5. The number of hydrogen-bond donors (Lipinski definition) is 0. The van der Waals surface area contributed by atoms with E-state index in [4.69, 9.17) is 28.4 Å². The number of ether oxygens (including phenoxy) is 6. The van der Waals surface area contributed by atoms with Crippen molar-refractivity contribution < 1.29 is 28.4 Å². The number of allylic oxidation sites excluding steroid dienone is 2. The summed E-state index contributed by atoms with van der Waals surface area (Å²) in [6.45, 7) is 8.54. The van der Waals surface area contributed by atoms with Crippen LogP contribution in [-0.2, 0) is 15.9 Å². The van der Waals surface area contributed by atoms with Crippen molar-refractivity contribution in [1.29, 1.82) is 0 Å². The standard InChI is InChI=1S/C22H36O6/c1-16(2)10-11-18-17(3)19(27-14-8-12-23-4)21(25-6)22(26-7)20(18)28-15-9-13-24-5/h10H,8-9,11-15H2,1-7H3. The van der Waals surface area contributed by atoms with Crippen LogP contribution in [0.5, 0.6) is 23.0 Å². The van der Waals surface area contributed by atoms with E-state index in [2.05, 4.69) is 19.9 Å². The summed E-state index contributed by atoms with van der Waals surface area (Å²) < 4.78 is 33.8. The Balaban J connectivity index is 3.36. The van der Waals surface area contributed by atoms with Crippen molar-refractivity contribution in [2.45, 2.75) is 40.0 Å². The molecule has 0 saturated heterocycles. The highest BCUT2D eigenvalue weighted by Crippen LogP contribution is 2.50. The number of benzene rings is 1. The smallest absolute Gasteiger partial charge is 0.207 e. The molecule has 0 radical (unpaired) electrons. The van der Waals surface area contributed by atoms with E-state index in [1.165, 1.54) is 5.57 Å². The first kappa shape index (κ1) is 24.1. The molecule has 160 valence electrons. The second-order valence-electron chi connectivity index (χ2n) is 6.70. The Morgan fingerprint density at radius 3 is 1.68 bits per heavy atom. The topological polar surface area (TPSA) is 55.4 Å². The fourth-order valence-electron chi connectivity index (χ4n) is 2.83. The van der Waals surface area contributed by atoms with Crippen LogP contribution in [0.3, 0.4) is 0 Å². The summed E-state index contributed by atoms with van der Waals surface area (Å²) in [5, 5.41) is 0. The van der Waals surface area contributed by atoms with Crippen molar-refractivity contribution in [2.75, 3.05) is 54.9 Å². The Labute approximate surface area is 169 Å². The molecule has 1 aromatic carbocycles. The lowest BCUT2D eigenvalue weighted by atomic mass is 10.00. The van der Waals surface area contributed by atoms with Gasteiger partial charge in [0.2, 0.25) is 11.5 Å². The largest absolute Gasteiger partial charge is 0.490 e. The van der Waals surface area contributed by atoms with Gasteiger partial charge in [-0.15, -0.1) is 0 Å². The molecule has 0 aliphatic carbocycles. The second-order valence-corrected chi connectivity index (χ2v) is 6.70. The summed E-state index contributed by atoms with van der Waals surface area (Å²) >= 11 is 0. The molecule has 0 heterocycles. The molecule has 6 nitrogen and oxygen atoms in total. The lowest BCUT2D eigenvalue weighted by Crippen LogP contribution is -2.10. The third kappa shape index (κ3) is 6.91. The van der Waals surface area contributed by atoms with E-state index in [1.54, 1.807) is 28.4 Å². The third-order valence-electron chi connectivity index (χ3n) is 4.29. The molecule has 0 spiro atoms. The van der Waals surface area contributed by atoms with Crippen molar-refractivity contribution >= 4 is 0 Å². The van der Waals surface area contributed by atoms with Gasteiger partial charge < -0.3 is 28.4 Å². The van der Waals surface area contributed by atoms with Crippen molar-refractivity contribution in [3.8, 4) is 23.0 Å². The number of hydrogen-bond acceptors (Lipinski definition) is 6. The van der Waals surface area contributed by atoms with Gasteiger partial charge in [0, 0.05) is 51.4 Å². The van der Waals surface area contributed by atoms with Gasteiger partial charge in [-0.05, 0) is 27.2 Å². The van der Waals surface area contributed by atoms with Crippen LogP contribution in [0, 0.1) is 6.92 Å². The van der Waals surface area contributed by atoms with Gasteiger partial charge in [0.25, 0.3) is 0 Å². The molecule has 0 bridgehead atoms. The number of methoxy groups -OCH3 is 4. The summed E-state index contributed by atoms with van der Waals surface area (Å²) in [5.74, 6) is 2.51. The Morgan fingerprint density at radius 2 is 1.21 bits per heavy atom. The van der Waals surface area contributed by atoms with E-state index in [-0.39, 0.29) is 0 Å². The molecule has 1 aromatic rings. The second kappa shape index (κ2) is 13.3. The minimum atomic E-state index is 0.530. The maximum atomic E-state index is 6.13. The van der Waals surface area contributed by atoms with Gasteiger partial charge in [-0.1, -0.05) is 11.6 Å². The highest BCUT2D eigenvalue weighted by Gasteiger charge is 2.25. The summed E-state index contributed by atoms with van der Waals surface area (Å²) in [4.78, 5) is 0. The van der Waals surface area contributed by atoms with Crippen molar-refractivity contribution in [2.24, 2.45) is 0 Å². The third-order valence-corrected chi connectivity index (χ3v) is 4.29. The lowest BCUT2D eigenvalue weighted by molar-refractivity contribution is 0.167. The summed E-state index contributed by atoms with van der Waals surface area (Å²) in [6, 6.07) is 0. The Kier molecular flexibility index (Phi) is 11.4. The van der Waals surface area contributed by atoms with E-state index >= 15 is 0 Å². The molecule has 0 atom stereocenters. The molecule has 0 aliphatic rings. The van der Waals surface area contributed by atoms with Crippen LogP contribution >= 0.6 is 0 Å². The zero-order valence-electron chi connectivity index (χ0n) is 18.5. The molecule has 0 amide bonds. The normalized spacial score (nSPS) is 10.5. The van der Waals surface area contributed by atoms with Gasteiger partial charge in [0.05, 0.1) is 27.4 Å². The fraction of sp³-hybridized carbons (Fsp3) is 0.636. The predicted molar refractivity (Wildman–Crippen MR) is 111 cm³/mol. The van der Waals surface area contributed by atoms with Crippen LogP contribution in [0.1, 0.15) is 37.8 Å². The first-order valence-electron chi connectivity index (χ1n) is 9.65. The highest BCUT2D eigenvalue weighted by molar-refractivity contribution is 5.67. The highest BCUT2D eigenvalue weighted by atomic mass is 16.5. The van der Waals surface area contributed by atoms with Crippen LogP contribution in [0.25, 0.3) is 0 Å². The molecule has 0 aliphatic heterocycles. The molecule has 6 heteroatoms. The SMILES string of the molecule is COCCCOc1c(C)c(CC=C(C)C)c(OCCCOC)c(OC)c1OC. The lowest BCUT2D eigenvalue weighted by Gasteiger charge is -2.23. The zero-order valence-corrected chi connectivity index (χ0v) is 18.5. The van der Waals surface area contributed by atoms with E-state index in [1.807, 2.05) is 6.92 Å². The maximum Gasteiger partial charge on any atom is 0.207 e. The van der Waals surface area contributed by atoms with E-state index in [0.717, 1.165) is 30.4 Å². The molecular formula is C22H36O6. The van der Waals surface area contributed by atoms with Crippen LogP contribution in [-0.4, -0.2) is 54.9 Å². The zero-order chi connectivity index (χ0) is 20.9.